The molecular weight excluding hydrogens is 172 g/mol. The fraction of sp³-hybridized carbons (Fsp3) is 0.846. The van der Waals surface area contributed by atoms with Gasteiger partial charge in [-0.05, 0) is 39.5 Å². The van der Waals surface area contributed by atoms with Crippen molar-refractivity contribution < 1.29 is 4.74 Å². The second-order valence-electron chi connectivity index (χ2n) is 6.04. The van der Waals surface area contributed by atoms with E-state index in [4.69, 9.17) is 4.74 Å². The molecule has 0 rings (SSSR count). The number of hydrogen-bond acceptors (Lipinski definition) is 1. The highest BCUT2D eigenvalue weighted by molar-refractivity contribution is 4.93. The van der Waals surface area contributed by atoms with Crippen molar-refractivity contribution in [3.05, 3.63) is 12.2 Å². The minimum absolute atomic E-state index is 0.0327. The lowest BCUT2D eigenvalue weighted by atomic mass is 9.96. The van der Waals surface area contributed by atoms with E-state index in [1.807, 2.05) is 0 Å². The van der Waals surface area contributed by atoms with Crippen LogP contribution in [0.1, 0.15) is 54.9 Å². The summed E-state index contributed by atoms with van der Waals surface area (Å²) in [6, 6.07) is 0. The van der Waals surface area contributed by atoms with Crippen LogP contribution in [0, 0.1) is 5.41 Å². The number of allylic oxidation sites excluding steroid dienone is 1. The van der Waals surface area contributed by atoms with E-state index < -0.39 is 0 Å². The third-order valence-corrected chi connectivity index (χ3v) is 1.64. The molecule has 0 aliphatic rings. The molecule has 14 heavy (non-hydrogen) atoms. The number of ether oxygens (including phenoxy) is 1. The molecule has 0 heterocycles. The first-order valence-corrected chi connectivity index (χ1v) is 5.46. The second-order valence-corrected chi connectivity index (χ2v) is 6.04. The maximum Gasteiger partial charge on any atom is 0.0602 e. The summed E-state index contributed by atoms with van der Waals surface area (Å²) in [5.74, 6) is 0. The molecule has 0 aromatic carbocycles. The summed E-state index contributed by atoms with van der Waals surface area (Å²) in [6.45, 7) is 15.0. The smallest absolute Gasteiger partial charge is 0.0602 e. The molecule has 0 N–H and O–H groups in total. The van der Waals surface area contributed by atoms with Gasteiger partial charge in [0.05, 0.1) is 11.7 Å². The van der Waals surface area contributed by atoms with E-state index in [2.05, 4.69) is 60.6 Å². The first-order valence-electron chi connectivity index (χ1n) is 5.46. The molecule has 0 saturated carbocycles. The van der Waals surface area contributed by atoms with Crippen LogP contribution in [0.4, 0.5) is 0 Å². The molecule has 0 fully saturated rings. The summed E-state index contributed by atoms with van der Waals surface area (Å²) in [4.78, 5) is 0. The fourth-order valence-electron chi connectivity index (χ4n) is 1.26. The Morgan fingerprint density at radius 3 is 1.93 bits per heavy atom. The van der Waals surface area contributed by atoms with Crippen LogP contribution in [-0.2, 0) is 4.74 Å². The molecule has 1 atom stereocenters. The van der Waals surface area contributed by atoms with Crippen LogP contribution in [-0.4, -0.2) is 11.7 Å². The molecule has 0 saturated heterocycles. The molecule has 0 aromatic heterocycles. The van der Waals surface area contributed by atoms with Gasteiger partial charge >= 0.3 is 0 Å². The zero-order valence-electron chi connectivity index (χ0n) is 10.8. The minimum atomic E-state index is -0.0327. The summed E-state index contributed by atoms with van der Waals surface area (Å²) in [5, 5.41) is 0. The zero-order valence-corrected chi connectivity index (χ0v) is 10.8. The van der Waals surface area contributed by atoms with Crippen LogP contribution in [0.25, 0.3) is 0 Å². The Balaban J connectivity index is 3.86. The van der Waals surface area contributed by atoms with Gasteiger partial charge in [0.25, 0.3) is 0 Å². The summed E-state index contributed by atoms with van der Waals surface area (Å²) in [5.41, 5.74) is 0.246. The predicted octanol–water partition coefficient (Wildman–Crippen LogP) is 4.18. The van der Waals surface area contributed by atoms with Gasteiger partial charge in [-0.15, -0.1) is 0 Å². The summed E-state index contributed by atoms with van der Waals surface area (Å²) in [6.07, 6.45) is 5.76. The Morgan fingerprint density at radius 2 is 1.57 bits per heavy atom. The lowest BCUT2D eigenvalue weighted by molar-refractivity contribution is -0.0494. The fourth-order valence-corrected chi connectivity index (χ4v) is 1.26. The molecule has 0 spiro atoms. The van der Waals surface area contributed by atoms with Gasteiger partial charge in [-0.25, -0.2) is 0 Å². The van der Waals surface area contributed by atoms with E-state index in [1.54, 1.807) is 0 Å². The second kappa shape index (κ2) is 4.97. The van der Waals surface area contributed by atoms with Crippen LogP contribution in [0.2, 0.25) is 0 Å². The zero-order chi connectivity index (χ0) is 11.4. The van der Waals surface area contributed by atoms with Crippen molar-refractivity contribution in [1.82, 2.24) is 0 Å². The highest BCUT2D eigenvalue weighted by atomic mass is 16.5. The molecular formula is C13H26O. The third-order valence-electron chi connectivity index (χ3n) is 1.64. The predicted molar refractivity (Wildman–Crippen MR) is 63.5 cm³/mol. The Labute approximate surface area is 89.5 Å². The van der Waals surface area contributed by atoms with Crippen molar-refractivity contribution in [2.75, 3.05) is 0 Å². The first-order chi connectivity index (χ1) is 6.10. The van der Waals surface area contributed by atoms with E-state index in [0.29, 0.717) is 6.10 Å². The van der Waals surface area contributed by atoms with Gasteiger partial charge in [0.1, 0.15) is 0 Å². The van der Waals surface area contributed by atoms with Gasteiger partial charge in [-0.2, -0.15) is 0 Å². The van der Waals surface area contributed by atoms with Crippen LogP contribution >= 0.6 is 0 Å². The molecule has 1 heteroatoms. The normalized spacial score (nSPS) is 16.2. The van der Waals surface area contributed by atoms with Crippen molar-refractivity contribution in [1.29, 1.82) is 0 Å². The van der Waals surface area contributed by atoms with Crippen molar-refractivity contribution in [3.8, 4) is 0 Å². The Hall–Kier alpha value is -0.300. The van der Waals surface area contributed by atoms with Gasteiger partial charge in [0.15, 0.2) is 0 Å². The summed E-state index contributed by atoms with van der Waals surface area (Å²) >= 11 is 0. The van der Waals surface area contributed by atoms with Gasteiger partial charge < -0.3 is 4.74 Å². The topological polar surface area (TPSA) is 9.23 Å². The molecule has 84 valence electrons. The van der Waals surface area contributed by atoms with Crippen molar-refractivity contribution >= 4 is 0 Å². The molecule has 0 aromatic rings. The van der Waals surface area contributed by atoms with E-state index in [9.17, 15) is 0 Å². The summed E-state index contributed by atoms with van der Waals surface area (Å²) in [7, 11) is 0. The van der Waals surface area contributed by atoms with Crippen molar-refractivity contribution in [2.45, 2.75) is 66.6 Å². The number of hydrogen-bond donors (Lipinski definition) is 0. The molecule has 0 amide bonds. The molecule has 0 unspecified atom stereocenters. The molecule has 1 nitrogen and oxygen atoms in total. The molecule has 0 radical (unpaired) electrons. The lowest BCUT2D eigenvalue weighted by Gasteiger charge is -2.24. The maximum atomic E-state index is 5.80. The van der Waals surface area contributed by atoms with E-state index in [1.165, 1.54) is 0 Å². The van der Waals surface area contributed by atoms with Gasteiger partial charge in [-0.1, -0.05) is 32.9 Å². The minimum Gasteiger partial charge on any atom is -0.373 e. The number of rotatable bonds is 3. The van der Waals surface area contributed by atoms with Crippen molar-refractivity contribution in [2.24, 2.45) is 5.41 Å². The first kappa shape index (κ1) is 13.7. The molecule has 0 bridgehead atoms. The third kappa shape index (κ3) is 9.79. The average molecular weight is 198 g/mol. The van der Waals surface area contributed by atoms with Gasteiger partial charge in [0.2, 0.25) is 0 Å². The van der Waals surface area contributed by atoms with E-state index in [0.717, 1.165) is 6.42 Å². The van der Waals surface area contributed by atoms with E-state index in [-0.39, 0.29) is 11.0 Å². The van der Waals surface area contributed by atoms with E-state index >= 15 is 0 Å². The van der Waals surface area contributed by atoms with Crippen LogP contribution in [0.5, 0.6) is 0 Å². The standard InChI is InChI=1S/C13H26O/c1-11(14-13(5,6)7)9-8-10-12(2,3)4/h8,10-11H,9H2,1-7H3/b10-8+/t11-/m0/s1. The van der Waals surface area contributed by atoms with Crippen LogP contribution < -0.4 is 0 Å². The molecule has 0 aliphatic carbocycles. The van der Waals surface area contributed by atoms with Crippen LogP contribution in [0.15, 0.2) is 12.2 Å². The Bertz CT molecular complexity index is 178. The average Bonchev–Trinajstić information content (AvgIpc) is 1.78. The van der Waals surface area contributed by atoms with Crippen LogP contribution in [0.3, 0.4) is 0 Å². The van der Waals surface area contributed by atoms with Crippen molar-refractivity contribution in [3.63, 3.8) is 0 Å². The monoisotopic (exact) mass is 198 g/mol. The summed E-state index contributed by atoms with van der Waals surface area (Å²) < 4.78 is 5.80. The van der Waals surface area contributed by atoms with Gasteiger partial charge in [-0.3, -0.25) is 0 Å². The maximum absolute atomic E-state index is 5.80. The highest BCUT2D eigenvalue weighted by Gasteiger charge is 2.14. The Kier molecular flexibility index (Phi) is 4.87. The van der Waals surface area contributed by atoms with Gasteiger partial charge in [0, 0.05) is 0 Å². The highest BCUT2D eigenvalue weighted by Crippen LogP contribution is 2.17. The Morgan fingerprint density at radius 1 is 1.07 bits per heavy atom. The lowest BCUT2D eigenvalue weighted by Crippen LogP contribution is -2.25. The quantitative estimate of drug-likeness (QED) is 0.618. The SMILES string of the molecule is C[C@@H](C/C=C/C(C)(C)C)OC(C)(C)C. The largest absolute Gasteiger partial charge is 0.373 e. The molecule has 0 aliphatic heterocycles.